The summed E-state index contributed by atoms with van der Waals surface area (Å²) in [6.45, 7) is 0. The maximum absolute atomic E-state index is 12.7. The Hall–Kier alpha value is -3.21. The second kappa shape index (κ2) is 7.35. The topological polar surface area (TPSA) is 64.1 Å². The molecule has 5 heteroatoms. The molecule has 4 rings (SSSR count). The Bertz CT molecular complexity index is 895. The third-order valence-corrected chi connectivity index (χ3v) is 4.56. The number of hydrogen-bond donors (Lipinski definition) is 1. The first-order valence-electron chi connectivity index (χ1n) is 8.73. The summed E-state index contributed by atoms with van der Waals surface area (Å²) in [7, 11) is 0. The van der Waals surface area contributed by atoms with E-state index in [2.05, 4.69) is 27.4 Å². The highest BCUT2D eigenvalue weighted by molar-refractivity contribution is 5.96. The van der Waals surface area contributed by atoms with Crippen LogP contribution in [0.4, 0.5) is 5.69 Å². The summed E-state index contributed by atoms with van der Waals surface area (Å²) in [5, 5.41) is 3.02. The van der Waals surface area contributed by atoms with Crippen molar-refractivity contribution in [1.29, 1.82) is 0 Å². The quantitative estimate of drug-likeness (QED) is 0.764. The van der Waals surface area contributed by atoms with E-state index in [9.17, 15) is 4.79 Å². The Morgan fingerprint density at radius 1 is 1.00 bits per heavy atom. The summed E-state index contributed by atoms with van der Waals surface area (Å²) in [6.07, 6.45) is 6.22. The third kappa shape index (κ3) is 3.57. The summed E-state index contributed by atoms with van der Waals surface area (Å²) in [5.41, 5.74) is 3.18. The van der Waals surface area contributed by atoms with E-state index in [1.807, 2.05) is 24.3 Å². The van der Waals surface area contributed by atoms with Gasteiger partial charge in [0.05, 0.1) is 5.92 Å². The number of aromatic nitrogens is 2. The van der Waals surface area contributed by atoms with Gasteiger partial charge in [0, 0.05) is 18.1 Å². The molecule has 1 amide bonds. The SMILES string of the molecule is O=C(Nc1ccc(Oc2ncccn2)cc1)[C@@H]1CCCc2ccccc21. The van der Waals surface area contributed by atoms with Gasteiger partial charge in [-0.1, -0.05) is 24.3 Å². The molecule has 1 N–H and O–H groups in total. The summed E-state index contributed by atoms with van der Waals surface area (Å²) in [6, 6.07) is 17.5. The molecule has 3 aromatic rings. The van der Waals surface area contributed by atoms with Gasteiger partial charge in [-0.15, -0.1) is 0 Å². The van der Waals surface area contributed by atoms with Gasteiger partial charge in [0.25, 0.3) is 0 Å². The molecule has 0 saturated carbocycles. The number of anilines is 1. The minimum atomic E-state index is -0.0893. The normalized spacial score (nSPS) is 15.8. The zero-order valence-corrected chi connectivity index (χ0v) is 14.3. The van der Waals surface area contributed by atoms with Gasteiger partial charge in [0.15, 0.2) is 0 Å². The first kappa shape index (κ1) is 16.3. The summed E-state index contributed by atoms with van der Waals surface area (Å²) in [4.78, 5) is 20.8. The highest BCUT2D eigenvalue weighted by atomic mass is 16.5. The molecular weight excluding hydrogens is 326 g/mol. The lowest BCUT2D eigenvalue weighted by Crippen LogP contribution is -2.24. The van der Waals surface area contributed by atoms with Crippen LogP contribution < -0.4 is 10.1 Å². The first-order chi connectivity index (χ1) is 12.8. The molecule has 1 aromatic heterocycles. The summed E-state index contributed by atoms with van der Waals surface area (Å²) in [5.74, 6) is 0.572. The number of carbonyl (C=O) groups is 1. The second-order valence-corrected chi connectivity index (χ2v) is 6.29. The number of carbonyl (C=O) groups excluding carboxylic acids is 1. The van der Waals surface area contributed by atoms with E-state index in [-0.39, 0.29) is 11.8 Å². The molecule has 1 atom stereocenters. The molecule has 1 aliphatic rings. The van der Waals surface area contributed by atoms with Crippen LogP contribution in [0.5, 0.6) is 11.8 Å². The maximum atomic E-state index is 12.7. The van der Waals surface area contributed by atoms with E-state index in [4.69, 9.17) is 4.74 Å². The van der Waals surface area contributed by atoms with Gasteiger partial charge in [0.2, 0.25) is 5.91 Å². The van der Waals surface area contributed by atoms with Gasteiger partial charge in [-0.05, 0) is 60.7 Å². The molecule has 1 aliphatic carbocycles. The van der Waals surface area contributed by atoms with Crippen molar-refractivity contribution in [2.45, 2.75) is 25.2 Å². The molecule has 1 heterocycles. The molecule has 0 fully saturated rings. The van der Waals surface area contributed by atoms with E-state index in [0.717, 1.165) is 30.5 Å². The Balaban J connectivity index is 1.44. The van der Waals surface area contributed by atoms with E-state index in [1.165, 1.54) is 5.56 Å². The molecule has 26 heavy (non-hydrogen) atoms. The van der Waals surface area contributed by atoms with Gasteiger partial charge in [-0.2, -0.15) is 0 Å². The lowest BCUT2D eigenvalue weighted by Gasteiger charge is -2.24. The predicted octanol–water partition coefficient (Wildman–Crippen LogP) is 4.33. The Kier molecular flexibility index (Phi) is 4.60. The number of ether oxygens (including phenoxy) is 1. The first-order valence-corrected chi connectivity index (χ1v) is 8.73. The van der Waals surface area contributed by atoms with E-state index < -0.39 is 0 Å². The molecule has 5 nitrogen and oxygen atoms in total. The van der Waals surface area contributed by atoms with E-state index in [1.54, 1.807) is 30.6 Å². The third-order valence-electron chi connectivity index (χ3n) is 4.56. The molecule has 0 unspecified atom stereocenters. The van der Waals surface area contributed by atoms with Crippen molar-refractivity contribution < 1.29 is 9.53 Å². The average molecular weight is 345 g/mol. The van der Waals surface area contributed by atoms with Gasteiger partial charge in [-0.3, -0.25) is 4.79 Å². The van der Waals surface area contributed by atoms with E-state index in [0.29, 0.717) is 11.8 Å². The van der Waals surface area contributed by atoms with Crippen molar-refractivity contribution in [2.24, 2.45) is 0 Å². The van der Waals surface area contributed by atoms with Crippen molar-refractivity contribution in [1.82, 2.24) is 9.97 Å². The highest BCUT2D eigenvalue weighted by Crippen LogP contribution is 2.32. The second-order valence-electron chi connectivity index (χ2n) is 6.29. The number of amides is 1. The summed E-state index contributed by atoms with van der Waals surface area (Å²) >= 11 is 0. The minimum Gasteiger partial charge on any atom is -0.424 e. The molecule has 2 aromatic carbocycles. The Morgan fingerprint density at radius 3 is 2.58 bits per heavy atom. The van der Waals surface area contributed by atoms with Gasteiger partial charge in [-0.25, -0.2) is 9.97 Å². The van der Waals surface area contributed by atoms with Crippen LogP contribution in [0, 0.1) is 0 Å². The van der Waals surface area contributed by atoms with Crippen LogP contribution in [-0.2, 0) is 11.2 Å². The Labute approximate surface area is 152 Å². The zero-order chi connectivity index (χ0) is 17.8. The highest BCUT2D eigenvalue weighted by Gasteiger charge is 2.26. The zero-order valence-electron chi connectivity index (χ0n) is 14.3. The van der Waals surface area contributed by atoms with Crippen LogP contribution in [0.15, 0.2) is 67.0 Å². The summed E-state index contributed by atoms with van der Waals surface area (Å²) < 4.78 is 5.57. The van der Waals surface area contributed by atoms with Crippen molar-refractivity contribution in [3.63, 3.8) is 0 Å². The fraction of sp³-hybridized carbons (Fsp3) is 0.190. The number of nitrogens with zero attached hydrogens (tertiary/aromatic N) is 2. The standard InChI is InChI=1S/C21H19N3O2/c25-20(19-8-3-6-15-5-1-2-7-18(15)19)24-16-9-11-17(12-10-16)26-21-22-13-4-14-23-21/h1-2,4-5,7,9-14,19H,3,6,8H2,(H,24,25)/t19-/m1/s1. The van der Waals surface area contributed by atoms with Gasteiger partial charge < -0.3 is 10.1 Å². The number of benzene rings is 2. The smallest absolute Gasteiger partial charge is 0.321 e. The molecular formula is C21H19N3O2. The van der Waals surface area contributed by atoms with Crippen LogP contribution in [0.1, 0.15) is 29.9 Å². The van der Waals surface area contributed by atoms with Crippen molar-refractivity contribution in [3.8, 4) is 11.8 Å². The van der Waals surface area contributed by atoms with Crippen LogP contribution in [0.3, 0.4) is 0 Å². The molecule has 0 aliphatic heterocycles. The van der Waals surface area contributed by atoms with E-state index >= 15 is 0 Å². The lowest BCUT2D eigenvalue weighted by molar-refractivity contribution is -0.117. The van der Waals surface area contributed by atoms with Crippen molar-refractivity contribution in [2.75, 3.05) is 5.32 Å². The van der Waals surface area contributed by atoms with Crippen LogP contribution in [0.25, 0.3) is 0 Å². The maximum Gasteiger partial charge on any atom is 0.321 e. The lowest BCUT2D eigenvalue weighted by atomic mass is 9.82. The minimum absolute atomic E-state index is 0.0391. The average Bonchev–Trinajstić information content (AvgIpc) is 2.70. The molecule has 0 saturated heterocycles. The fourth-order valence-corrected chi connectivity index (χ4v) is 3.31. The van der Waals surface area contributed by atoms with Gasteiger partial charge in [0.1, 0.15) is 5.75 Å². The van der Waals surface area contributed by atoms with Crippen molar-refractivity contribution >= 4 is 11.6 Å². The van der Waals surface area contributed by atoms with Crippen LogP contribution in [0.2, 0.25) is 0 Å². The number of rotatable bonds is 4. The number of aryl methyl sites for hydroxylation is 1. The monoisotopic (exact) mass is 345 g/mol. The van der Waals surface area contributed by atoms with Crippen LogP contribution in [-0.4, -0.2) is 15.9 Å². The molecule has 0 bridgehead atoms. The number of fused-ring (bicyclic) bond motifs is 1. The van der Waals surface area contributed by atoms with Crippen LogP contribution >= 0.6 is 0 Å². The van der Waals surface area contributed by atoms with Crippen molar-refractivity contribution in [3.05, 3.63) is 78.1 Å². The molecule has 130 valence electrons. The fourth-order valence-electron chi connectivity index (χ4n) is 3.31. The molecule has 0 spiro atoms. The largest absolute Gasteiger partial charge is 0.424 e. The Morgan fingerprint density at radius 2 is 1.77 bits per heavy atom. The number of nitrogens with one attached hydrogen (secondary N) is 1. The van der Waals surface area contributed by atoms with Gasteiger partial charge >= 0.3 is 6.01 Å². The number of hydrogen-bond acceptors (Lipinski definition) is 4. The molecule has 0 radical (unpaired) electrons. The predicted molar refractivity (Wildman–Crippen MR) is 99.3 cm³/mol.